The van der Waals surface area contributed by atoms with Gasteiger partial charge in [-0.1, -0.05) is 0 Å². The van der Waals surface area contributed by atoms with Crippen LogP contribution in [0.25, 0.3) is 0 Å². The van der Waals surface area contributed by atoms with Crippen LogP contribution in [-0.4, -0.2) is 26.7 Å². The van der Waals surface area contributed by atoms with Crippen LogP contribution in [-0.2, 0) is 11.2 Å². The number of carbonyl (C=O) groups excluding carboxylic acids is 1. The van der Waals surface area contributed by atoms with Crippen LogP contribution in [0, 0.1) is 0 Å². The molecule has 0 fully saturated rings. The van der Waals surface area contributed by atoms with Crippen LogP contribution in [0.3, 0.4) is 0 Å². The number of hydrogen-bond donors (Lipinski definition) is 1. The predicted octanol–water partition coefficient (Wildman–Crippen LogP) is 1.38. The number of benzene rings is 1. The number of amides is 1. The number of methoxy groups -OCH3 is 2. The van der Waals surface area contributed by atoms with Crippen molar-refractivity contribution in [3.05, 3.63) is 23.8 Å². The normalized spacial score (nSPS) is 9.69. The van der Waals surface area contributed by atoms with E-state index in [0.29, 0.717) is 18.7 Å². The maximum absolute atomic E-state index is 11.5. The first-order valence-electron chi connectivity index (χ1n) is 5.18. The lowest BCUT2D eigenvalue weighted by atomic mass is 10.1. The van der Waals surface area contributed by atoms with Crippen LogP contribution in [0.5, 0.6) is 11.5 Å². The topological polar surface area (TPSA) is 47.6 Å². The first-order chi connectivity index (χ1) is 7.71. The summed E-state index contributed by atoms with van der Waals surface area (Å²) < 4.78 is 10.3. The van der Waals surface area contributed by atoms with E-state index in [9.17, 15) is 4.79 Å². The molecule has 0 aromatic heterocycles. The third-order valence-corrected chi connectivity index (χ3v) is 2.21. The van der Waals surface area contributed by atoms with Gasteiger partial charge in [-0.25, -0.2) is 0 Å². The maximum Gasteiger partial charge on any atom is 0.224 e. The van der Waals surface area contributed by atoms with Gasteiger partial charge in [0.1, 0.15) is 11.5 Å². The molecule has 88 valence electrons. The SMILES string of the molecule is CCNC(=O)Cc1cc(OC)ccc1OC. The predicted molar refractivity (Wildman–Crippen MR) is 61.9 cm³/mol. The van der Waals surface area contributed by atoms with Gasteiger partial charge in [0.05, 0.1) is 20.6 Å². The molecule has 0 atom stereocenters. The molecular weight excluding hydrogens is 206 g/mol. The van der Waals surface area contributed by atoms with Crippen molar-refractivity contribution in [2.45, 2.75) is 13.3 Å². The van der Waals surface area contributed by atoms with Crippen molar-refractivity contribution >= 4 is 5.91 Å². The Morgan fingerprint density at radius 3 is 2.62 bits per heavy atom. The van der Waals surface area contributed by atoms with E-state index in [2.05, 4.69) is 5.32 Å². The minimum Gasteiger partial charge on any atom is -0.497 e. The second-order valence-corrected chi connectivity index (χ2v) is 3.31. The summed E-state index contributed by atoms with van der Waals surface area (Å²) in [6.45, 7) is 2.52. The van der Waals surface area contributed by atoms with Crippen LogP contribution in [0.1, 0.15) is 12.5 Å². The van der Waals surface area contributed by atoms with Crippen LogP contribution in [0.2, 0.25) is 0 Å². The smallest absolute Gasteiger partial charge is 0.224 e. The van der Waals surface area contributed by atoms with E-state index in [1.54, 1.807) is 26.4 Å². The van der Waals surface area contributed by atoms with E-state index in [1.807, 2.05) is 13.0 Å². The number of rotatable bonds is 5. The highest BCUT2D eigenvalue weighted by atomic mass is 16.5. The zero-order valence-electron chi connectivity index (χ0n) is 9.87. The molecule has 1 N–H and O–H groups in total. The van der Waals surface area contributed by atoms with Gasteiger partial charge in [-0.3, -0.25) is 4.79 Å². The first kappa shape index (κ1) is 12.4. The van der Waals surface area contributed by atoms with E-state index in [4.69, 9.17) is 9.47 Å². The molecule has 1 amide bonds. The molecule has 1 aromatic rings. The van der Waals surface area contributed by atoms with Gasteiger partial charge in [-0.05, 0) is 25.1 Å². The van der Waals surface area contributed by atoms with E-state index in [-0.39, 0.29) is 5.91 Å². The summed E-state index contributed by atoms with van der Waals surface area (Å²) in [5.41, 5.74) is 0.827. The number of likely N-dealkylation sites (N-methyl/N-ethyl adjacent to an activating group) is 1. The Morgan fingerprint density at radius 2 is 2.06 bits per heavy atom. The Labute approximate surface area is 95.6 Å². The van der Waals surface area contributed by atoms with Gasteiger partial charge in [0.15, 0.2) is 0 Å². The molecule has 4 nitrogen and oxygen atoms in total. The maximum atomic E-state index is 11.5. The summed E-state index contributed by atoms with van der Waals surface area (Å²) in [7, 11) is 3.18. The summed E-state index contributed by atoms with van der Waals surface area (Å²) in [4.78, 5) is 11.5. The number of nitrogens with one attached hydrogen (secondary N) is 1. The highest BCUT2D eigenvalue weighted by Crippen LogP contribution is 2.24. The lowest BCUT2D eigenvalue weighted by Crippen LogP contribution is -2.24. The molecule has 0 radical (unpaired) electrons. The Kier molecular flexibility index (Phi) is 4.64. The van der Waals surface area contributed by atoms with Crippen molar-refractivity contribution in [2.75, 3.05) is 20.8 Å². The largest absolute Gasteiger partial charge is 0.497 e. The van der Waals surface area contributed by atoms with Crippen LogP contribution in [0.4, 0.5) is 0 Å². The molecule has 0 saturated heterocycles. The monoisotopic (exact) mass is 223 g/mol. The van der Waals surface area contributed by atoms with Gasteiger partial charge in [0.2, 0.25) is 5.91 Å². The standard InChI is InChI=1S/C12H17NO3/c1-4-13-12(14)8-9-7-10(15-2)5-6-11(9)16-3/h5-7H,4,8H2,1-3H3,(H,13,14). The van der Waals surface area contributed by atoms with Crippen molar-refractivity contribution in [3.8, 4) is 11.5 Å². The first-order valence-corrected chi connectivity index (χ1v) is 5.18. The van der Waals surface area contributed by atoms with Crippen molar-refractivity contribution in [1.29, 1.82) is 0 Å². The average Bonchev–Trinajstić information content (AvgIpc) is 2.29. The Morgan fingerprint density at radius 1 is 1.31 bits per heavy atom. The number of ether oxygens (including phenoxy) is 2. The molecule has 1 rings (SSSR count). The van der Waals surface area contributed by atoms with Gasteiger partial charge in [0.25, 0.3) is 0 Å². The molecule has 0 aliphatic heterocycles. The molecule has 0 saturated carbocycles. The Hall–Kier alpha value is -1.71. The quantitative estimate of drug-likeness (QED) is 0.820. The van der Waals surface area contributed by atoms with Crippen LogP contribution >= 0.6 is 0 Å². The van der Waals surface area contributed by atoms with Crippen molar-refractivity contribution in [1.82, 2.24) is 5.32 Å². The zero-order chi connectivity index (χ0) is 12.0. The fourth-order valence-electron chi connectivity index (χ4n) is 1.45. The summed E-state index contributed by atoms with van der Waals surface area (Å²) in [5.74, 6) is 1.40. The van der Waals surface area contributed by atoms with E-state index < -0.39 is 0 Å². The fraction of sp³-hybridized carbons (Fsp3) is 0.417. The number of carbonyl (C=O) groups is 1. The molecular formula is C12H17NO3. The molecule has 0 aliphatic carbocycles. The zero-order valence-corrected chi connectivity index (χ0v) is 9.87. The Balaban J connectivity index is 2.86. The minimum absolute atomic E-state index is 0.0194. The van der Waals surface area contributed by atoms with E-state index >= 15 is 0 Å². The molecule has 0 bridgehead atoms. The van der Waals surface area contributed by atoms with E-state index in [0.717, 1.165) is 11.3 Å². The Bertz CT molecular complexity index is 363. The van der Waals surface area contributed by atoms with Crippen LogP contribution < -0.4 is 14.8 Å². The molecule has 16 heavy (non-hydrogen) atoms. The molecule has 1 aromatic carbocycles. The molecule has 0 spiro atoms. The highest BCUT2D eigenvalue weighted by Gasteiger charge is 2.09. The van der Waals surface area contributed by atoms with Gasteiger partial charge >= 0.3 is 0 Å². The third-order valence-electron chi connectivity index (χ3n) is 2.21. The van der Waals surface area contributed by atoms with Gasteiger partial charge < -0.3 is 14.8 Å². The highest BCUT2D eigenvalue weighted by molar-refractivity contribution is 5.79. The van der Waals surface area contributed by atoms with Crippen molar-refractivity contribution in [3.63, 3.8) is 0 Å². The average molecular weight is 223 g/mol. The summed E-state index contributed by atoms with van der Waals surface area (Å²) in [6, 6.07) is 5.42. The van der Waals surface area contributed by atoms with Crippen LogP contribution in [0.15, 0.2) is 18.2 Å². The third kappa shape index (κ3) is 3.15. The molecule has 0 aliphatic rings. The van der Waals surface area contributed by atoms with Crippen molar-refractivity contribution in [2.24, 2.45) is 0 Å². The van der Waals surface area contributed by atoms with Crippen molar-refractivity contribution < 1.29 is 14.3 Å². The number of hydrogen-bond acceptors (Lipinski definition) is 3. The van der Waals surface area contributed by atoms with E-state index in [1.165, 1.54) is 0 Å². The lowest BCUT2D eigenvalue weighted by Gasteiger charge is -2.10. The lowest BCUT2D eigenvalue weighted by molar-refractivity contribution is -0.120. The minimum atomic E-state index is -0.0194. The summed E-state index contributed by atoms with van der Waals surface area (Å²) in [5, 5.41) is 2.75. The second-order valence-electron chi connectivity index (χ2n) is 3.31. The molecule has 0 heterocycles. The fourth-order valence-corrected chi connectivity index (χ4v) is 1.45. The van der Waals surface area contributed by atoms with Gasteiger partial charge in [0, 0.05) is 12.1 Å². The van der Waals surface area contributed by atoms with Gasteiger partial charge in [-0.2, -0.15) is 0 Å². The summed E-state index contributed by atoms with van der Waals surface area (Å²) >= 11 is 0. The van der Waals surface area contributed by atoms with Gasteiger partial charge in [-0.15, -0.1) is 0 Å². The molecule has 0 unspecified atom stereocenters. The molecule has 4 heteroatoms. The summed E-state index contributed by atoms with van der Waals surface area (Å²) in [6.07, 6.45) is 0.300. The second kappa shape index (κ2) is 6.00.